The average Bonchev–Trinajstić information content (AvgIpc) is 2.49. The van der Waals surface area contributed by atoms with Crippen molar-refractivity contribution in [2.24, 2.45) is 0 Å². The lowest BCUT2D eigenvalue weighted by molar-refractivity contribution is 0.0946. The zero-order valence-electron chi connectivity index (χ0n) is 11.0. The smallest absolute Gasteiger partial charge is 0.251 e. The van der Waals surface area contributed by atoms with Crippen molar-refractivity contribution >= 4 is 56.0 Å². The second kappa shape index (κ2) is 6.26. The number of halogens is 3. The van der Waals surface area contributed by atoms with E-state index in [1.165, 1.54) is 0 Å². The maximum atomic E-state index is 12.0. The molecule has 0 saturated carbocycles. The van der Waals surface area contributed by atoms with Gasteiger partial charge >= 0.3 is 0 Å². The van der Waals surface area contributed by atoms with E-state index in [4.69, 9.17) is 11.6 Å². The van der Waals surface area contributed by atoms with Crippen LogP contribution in [-0.4, -0.2) is 12.5 Å². The molecule has 0 radical (unpaired) electrons. The molecular formula is C16H12BrClINO. The van der Waals surface area contributed by atoms with Gasteiger partial charge in [-0.15, -0.1) is 11.6 Å². The van der Waals surface area contributed by atoms with Gasteiger partial charge in [-0.3, -0.25) is 4.79 Å². The Labute approximate surface area is 150 Å². The van der Waals surface area contributed by atoms with Crippen LogP contribution < -0.4 is 5.32 Å². The van der Waals surface area contributed by atoms with Crippen molar-refractivity contribution in [2.75, 3.05) is 6.54 Å². The third kappa shape index (κ3) is 3.12. The summed E-state index contributed by atoms with van der Waals surface area (Å²) in [6.07, 6.45) is 0.876. The fourth-order valence-corrected chi connectivity index (χ4v) is 3.91. The molecule has 2 aromatic carbocycles. The number of alkyl halides is 1. The zero-order valence-corrected chi connectivity index (χ0v) is 15.5. The van der Waals surface area contributed by atoms with E-state index in [1.807, 2.05) is 30.3 Å². The molecule has 0 bridgehead atoms. The molecule has 1 atom stereocenters. The Hall–Kier alpha value is -0.590. The van der Waals surface area contributed by atoms with Crippen molar-refractivity contribution in [1.29, 1.82) is 0 Å². The molecule has 0 aromatic heterocycles. The van der Waals surface area contributed by atoms with E-state index in [0.717, 1.165) is 36.7 Å². The van der Waals surface area contributed by atoms with Gasteiger partial charge < -0.3 is 5.32 Å². The number of carbonyl (C=O) groups excluding carboxylic acids is 1. The molecule has 3 rings (SSSR count). The number of nitrogens with one attached hydrogen (secondary N) is 1. The molecule has 1 heterocycles. The van der Waals surface area contributed by atoms with Gasteiger partial charge in [-0.1, -0.05) is 28.1 Å². The molecule has 0 fully saturated rings. The molecule has 0 saturated heterocycles. The van der Waals surface area contributed by atoms with E-state index < -0.39 is 0 Å². The van der Waals surface area contributed by atoms with Crippen molar-refractivity contribution in [1.82, 2.24) is 5.32 Å². The number of benzene rings is 2. The largest absolute Gasteiger partial charge is 0.352 e. The molecular weight excluding hydrogens is 464 g/mol. The highest BCUT2D eigenvalue weighted by Crippen LogP contribution is 2.35. The topological polar surface area (TPSA) is 29.1 Å². The highest BCUT2D eigenvalue weighted by molar-refractivity contribution is 14.1. The molecule has 1 unspecified atom stereocenters. The normalized spacial score (nSPS) is 15.3. The van der Waals surface area contributed by atoms with E-state index in [9.17, 15) is 4.79 Å². The summed E-state index contributed by atoms with van der Waals surface area (Å²) in [4.78, 5) is 12.0. The number of hydrogen-bond acceptors (Lipinski definition) is 1. The summed E-state index contributed by atoms with van der Waals surface area (Å²) in [5.74, 6) is -0.0105. The van der Waals surface area contributed by atoms with Crippen molar-refractivity contribution in [3.8, 4) is 0 Å². The van der Waals surface area contributed by atoms with Crippen molar-refractivity contribution in [3.05, 3.63) is 66.7 Å². The molecule has 0 aliphatic carbocycles. The second-order valence-corrected chi connectivity index (χ2v) is 7.49. The van der Waals surface area contributed by atoms with Gasteiger partial charge in [0, 0.05) is 20.2 Å². The van der Waals surface area contributed by atoms with Crippen LogP contribution in [0.3, 0.4) is 0 Å². The van der Waals surface area contributed by atoms with E-state index in [-0.39, 0.29) is 11.3 Å². The summed E-state index contributed by atoms with van der Waals surface area (Å²) in [6, 6.07) is 12.0. The minimum Gasteiger partial charge on any atom is -0.352 e. The fraction of sp³-hybridized carbons (Fsp3) is 0.188. The first-order valence-corrected chi connectivity index (χ1v) is 8.87. The molecule has 108 valence electrons. The number of amides is 1. The first-order chi connectivity index (χ1) is 10.1. The van der Waals surface area contributed by atoms with Crippen LogP contribution in [0.15, 0.2) is 40.9 Å². The minimum absolute atomic E-state index is 0.0105. The first kappa shape index (κ1) is 15.3. The summed E-state index contributed by atoms with van der Waals surface area (Å²) >= 11 is 12.5. The maximum absolute atomic E-state index is 12.0. The van der Waals surface area contributed by atoms with E-state index in [2.05, 4.69) is 49.9 Å². The van der Waals surface area contributed by atoms with E-state index in [0.29, 0.717) is 6.54 Å². The molecule has 1 aliphatic heterocycles. The monoisotopic (exact) mass is 475 g/mol. The number of fused-ring (bicyclic) bond motifs is 1. The molecule has 0 spiro atoms. The van der Waals surface area contributed by atoms with Crippen LogP contribution in [0.4, 0.5) is 0 Å². The van der Waals surface area contributed by atoms with Crippen molar-refractivity contribution < 1.29 is 4.79 Å². The van der Waals surface area contributed by atoms with Crippen molar-refractivity contribution in [3.63, 3.8) is 0 Å². The van der Waals surface area contributed by atoms with Crippen molar-refractivity contribution in [2.45, 2.75) is 11.8 Å². The summed E-state index contributed by atoms with van der Waals surface area (Å²) in [5, 5.41) is 2.59. The number of rotatable bonds is 2. The summed E-state index contributed by atoms with van der Waals surface area (Å²) in [7, 11) is 0. The van der Waals surface area contributed by atoms with Gasteiger partial charge in [0.2, 0.25) is 0 Å². The summed E-state index contributed by atoms with van der Waals surface area (Å²) in [5.41, 5.74) is 3.79. The van der Waals surface area contributed by atoms with Gasteiger partial charge in [-0.05, 0) is 70.0 Å². The van der Waals surface area contributed by atoms with Gasteiger partial charge in [-0.25, -0.2) is 0 Å². The second-order valence-electron chi connectivity index (χ2n) is 4.95. The lowest BCUT2D eigenvalue weighted by atomic mass is 9.95. The van der Waals surface area contributed by atoms with Crippen LogP contribution in [-0.2, 0) is 6.42 Å². The highest BCUT2D eigenvalue weighted by Gasteiger charge is 2.20. The van der Waals surface area contributed by atoms with Crippen LogP contribution in [0.5, 0.6) is 0 Å². The molecule has 2 aromatic rings. The minimum atomic E-state index is -0.283. The number of carbonyl (C=O) groups is 1. The quantitative estimate of drug-likeness (QED) is 0.496. The summed E-state index contributed by atoms with van der Waals surface area (Å²) < 4.78 is 2.11. The Morgan fingerprint density at radius 2 is 2.05 bits per heavy atom. The molecule has 2 nitrogen and oxygen atoms in total. The number of hydrogen-bond donors (Lipinski definition) is 1. The Balaban J connectivity index is 2.02. The van der Waals surface area contributed by atoms with Crippen LogP contribution in [0, 0.1) is 3.57 Å². The Kier molecular flexibility index (Phi) is 4.57. The first-order valence-electron chi connectivity index (χ1n) is 6.56. The van der Waals surface area contributed by atoms with Gasteiger partial charge in [-0.2, -0.15) is 0 Å². The molecule has 1 amide bonds. The average molecular weight is 477 g/mol. The molecule has 1 N–H and O–H groups in total. The van der Waals surface area contributed by atoms with Gasteiger partial charge in [0.1, 0.15) is 0 Å². The standard InChI is InChI=1S/C16H12BrClINO/c17-14-4-3-11(19)8-13(14)15(18)10-2-1-9-5-6-20-16(21)12(9)7-10/h1-4,7-8,15H,5-6H2,(H,20,21). The Morgan fingerprint density at radius 3 is 2.86 bits per heavy atom. The van der Waals surface area contributed by atoms with Crippen LogP contribution in [0.1, 0.15) is 32.4 Å². The lowest BCUT2D eigenvalue weighted by Crippen LogP contribution is -2.31. The van der Waals surface area contributed by atoms with Crippen LogP contribution in [0.25, 0.3) is 0 Å². The van der Waals surface area contributed by atoms with Crippen LogP contribution >= 0.6 is 50.1 Å². The third-order valence-electron chi connectivity index (χ3n) is 3.58. The van der Waals surface area contributed by atoms with Gasteiger partial charge in [0.05, 0.1) is 5.38 Å². The van der Waals surface area contributed by atoms with Crippen LogP contribution in [0.2, 0.25) is 0 Å². The Morgan fingerprint density at radius 1 is 1.24 bits per heavy atom. The molecule has 1 aliphatic rings. The highest BCUT2D eigenvalue weighted by atomic mass is 127. The van der Waals surface area contributed by atoms with Gasteiger partial charge in [0.25, 0.3) is 5.91 Å². The summed E-state index contributed by atoms with van der Waals surface area (Å²) in [6.45, 7) is 0.706. The molecule has 5 heteroatoms. The van der Waals surface area contributed by atoms with E-state index in [1.54, 1.807) is 0 Å². The van der Waals surface area contributed by atoms with Gasteiger partial charge in [0.15, 0.2) is 0 Å². The zero-order chi connectivity index (χ0) is 15.0. The maximum Gasteiger partial charge on any atom is 0.251 e. The predicted octanol–water partition coefficient (Wildman–Crippen LogP) is 4.67. The predicted molar refractivity (Wildman–Crippen MR) is 97.0 cm³/mol. The SMILES string of the molecule is O=C1NCCc2ccc(C(Cl)c3cc(I)ccc3Br)cc21. The fourth-order valence-electron chi connectivity index (χ4n) is 2.48. The molecule has 21 heavy (non-hydrogen) atoms. The third-order valence-corrected chi connectivity index (χ3v) is 5.46. The lowest BCUT2D eigenvalue weighted by Gasteiger charge is -2.19. The van der Waals surface area contributed by atoms with E-state index >= 15 is 0 Å². The Bertz CT molecular complexity index is 719.